The normalized spacial score (nSPS) is 10.3. The molecule has 0 aliphatic heterocycles. The molecule has 1 aromatic carbocycles. The second kappa shape index (κ2) is 9.66. The van der Waals surface area contributed by atoms with Gasteiger partial charge in [0.1, 0.15) is 11.5 Å². The number of esters is 1. The third kappa shape index (κ3) is 5.92. The SMILES string of the molecule is COc1ccc(OC)c(/C=C/C(=O)OCC(=O)NNC(=O)c2ccco2)c1. The van der Waals surface area contributed by atoms with Gasteiger partial charge in [-0.1, -0.05) is 0 Å². The molecule has 0 aliphatic rings. The van der Waals surface area contributed by atoms with Gasteiger partial charge in [-0.25, -0.2) is 4.79 Å². The first-order valence-corrected chi connectivity index (χ1v) is 7.73. The zero-order chi connectivity index (χ0) is 19.6. The van der Waals surface area contributed by atoms with E-state index < -0.39 is 24.4 Å². The maximum Gasteiger partial charge on any atom is 0.331 e. The summed E-state index contributed by atoms with van der Waals surface area (Å²) in [6.45, 7) is -0.573. The van der Waals surface area contributed by atoms with E-state index in [0.29, 0.717) is 17.1 Å². The minimum absolute atomic E-state index is 0.0301. The van der Waals surface area contributed by atoms with Crippen molar-refractivity contribution < 1.29 is 33.0 Å². The molecule has 0 aliphatic carbocycles. The lowest BCUT2D eigenvalue weighted by Crippen LogP contribution is -2.43. The summed E-state index contributed by atoms with van der Waals surface area (Å²) in [5.41, 5.74) is 4.82. The first-order valence-electron chi connectivity index (χ1n) is 7.73. The molecule has 9 heteroatoms. The van der Waals surface area contributed by atoms with E-state index in [1.807, 2.05) is 0 Å². The van der Waals surface area contributed by atoms with Gasteiger partial charge in [-0.2, -0.15) is 0 Å². The zero-order valence-electron chi connectivity index (χ0n) is 14.7. The number of carbonyl (C=O) groups is 3. The summed E-state index contributed by atoms with van der Waals surface area (Å²) in [7, 11) is 3.02. The van der Waals surface area contributed by atoms with Crippen LogP contribution in [0.5, 0.6) is 11.5 Å². The Labute approximate surface area is 154 Å². The summed E-state index contributed by atoms with van der Waals surface area (Å²) in [4.78, 5) is 34.9. The van der Waals surface area contributed by atoms with Crippen LogP contribution in [0.1, 0.15) is 16.1 Å². The van der Waals surface area contributed by atoms with Gasteiger partial charge in [-0.3, -0.25) is 20.4 Å². The van der Waals surface area contributed by atoms with Crippen LogP contribution < -0.4 is 20.3 Å². The smallest absolute Gasteiger partial charge is 0.331 e. The van der Waals surface area contributed by atoms with E-state index >= 15 is 0 Å². The number of amides is 2. The summed E-state index contributed by atoms with van der Waals surface area (Å²) in [5, 5.41) is 0. The number of benzene rings is 1. The summed E-state index contributed by atoms with van der Waals surface area (Å²) < 4.78 is 20.0. The van der Waals surface area contributed by atoms with Crippen molar-refractivity contribution in [3.63, 3.8) is 0 Å². The molecule has 0 spiro atoms. The van der Waals surface area contributed by atoms with Crippen LogP contribution in [0.4, 0.5) is 0 Å². The molecule has 0 saturated heterocycles. The van der Waals surface area contributed by atoms with Gasteiger partial charge >= 0.3 is 11.9 Å². The van der Waals surface area contributed by atoms with Crippen molar-refractivity contribution in [3.05, 3.63) is 54.0 Å². The van der Waals surface area contributed by atoms with E-state index in [4.69, 9.17) is 18.6 Å². The molecule has 0 atom stereocenters. The van der Waals surface area contributed by atoms with Crippen LogP contribution >= 0.6 is 0 Å². The molecule has 9 nitrogen and oxygen atoms in total. The number of methoxy groups -OCH3 is 2. The predicted octanol–water partition coefficient (Wildman–Crippen LogP) is 1.31. The molecule has 0 unspecified atom stereocenters. The Morgan fingerprint density at radius 2 is 1.93 bits per heavy atom. The van der Waals surface area contributed by atoms with Crippen LogP contribution in [0.15, 0.2) is 47.1 Å². The number of hydrogen-bond acceptors (Lipinski definition) is 7. The Kier molecular flexibility index (Phi) is 7.00. The molecular formula is C18H18N2O7. The number of hydrogen-bond donors (Lipinski definition) is 2. The highest BCUT2D eigenvalue weighted by molar-refractivity contribution is 5.93. The highest BCUT2D eigenvalue weighted by Crippen LogP contribution is 2.25. The minimum atomic E-state index is -0.743. The van der Waals surface area contributed by atoms with Gasteiger partial charge in [0, 0.05) is 11.6 Å². The lowest BCUT2D eigenvalue weighted by molar-refractivity contribution is -0.144. The van der Waals surface area contributed by atoms with Crippen molar-refractivity contribution in [2.45, 2.75) is 0 Å². The molecule has 27 heavy (non-hydrogen) atoms. The molecule has 0 radical (unpaired) electrons. The van der Waals surface area contributed by atoms with Gasteiger partial charge in [0.15, 0.2) is 12.4 Å². The van der Waals surface area contributed by atoms with Crippen molar-refractivity contribution in [1.82, 2.24) is 10.9 Å². The molecule has 2 aromatic rings. The first-order chi connectivity index (χ1) is 13.0. The highest BCUT2D eigenvalue weighted by Gasteiger charge is 2.11. The van der Waals surface area contributed by atoms with Crippen LogP contribution in [0.2, 0.25) is 0 Å². The fraction of sp³-hybridized carbons (Fsp3) is 0.167. The van der Waals surface area contributed by atoms with Gasteiger partial charge in [0.05, 0.1) is 20.5 Å². The van der Waals surface area contributed by atoms with Crippen LogP contribution in [-0.2, 0) is 14.3 Å². The maximum atomic E-state index is 11.7. The van der Waals surface area contributed by atoms with Gasteiger partial charge in [-0.15, -0.1) is 0 Å². The number of carbonyl (C=O) groups excluding carboxylic acids is 3. The quantitative estimate of drug-likeness (QED) is 0.426. The molecule has 0 bridgehead atoms. The summed E-state index contributed by atoms with van der Waals surface area (Å²) in [6, 6.07) is 8.05. The summed E-state index contributed by atoms with van der Waals surface area (Å²) >= 11 is 0. The Balaban J connectivity index is 1.81. The molecule has 0 saturated carbocycles. The lowest BCUT2D eigenvalue weighted by Gasteiger charge is -2.07. The second-order valence-electron chi connectivity index (χ2n) is 5.03. The molecule has 1 aromatic heterocycles. The van der Waals surface area contributed by atoms with Crippen LogP contribution in [0, 0.1) is 0 Å². The molecule has 2 rings (SSSR count). The second-order valence-corrected chi connectivity index (χ2v) is 5.03. The van der Waals surface area contributed by atoms with Crippen molar-refractivity contribution in [2.75, 3.05) is 20.8 Å². The number of rotatable bonds is 7. The van der Waals surface area contributed by atoms with E-state index in [1.54, 1.807) is 18.2 Å². The third-order valence-corrected chi connectivity index (χ3v) is 3.24. The first kappa shape index (κ1) is 19.6. The van der Waals surface area contributed by atoms with Gasteiger partial charge in [0.2, 0.25) is 0 Å². The number of nitrogens with one attached hydrogen (secondary N) is 2. The molecule has 0 fully saturated rings. The largest absolute Gasteiger partial charge is 0.497 e. The van der Waals surface area contributed by atoms with E-state index in [-0.39, 0.29) is 5.76 Å². The Bertz CT molecular complexity index is 828. The summed E-state index contributed by atoms with van der Waals surface area (Å²) in [6.07, 6.45) is 3.94. The van der Waals surface area contributed by atoms with E-state index in [0.717, 1.165) is 6.08 Å². The molecule has 2 N–H and O–H groups in total. The highest BCUT2D eigenvalue weighted by atomic mass is 16.5. The average molecular weight is 374 g/mol. The molecule has 2 amide bonds. The molecular weight excluding hydrogens is 356 g/mol. The van der Waals surface area contributed by atoms with Gasteiger partial charge in [0.25, 0.3) is 5.91 Å². The third-order valence-electron chi connectivity index (χ3n) is 3.24. The van der Waals surface area contributed by atoms with Crippen LogP contribution in [0.3, 0.4) is 0 Å². The zero-order valence-corrected chi connectivity index (χ0v) is 14.7. The van der Waals surface area contributed by atoms with Gasteiger partial charge < -0.3 is 18.6 Å². The predicted molar refractivity (Wildman–Crippen MR) is 93.9 cm³/mol. The van der Waals surface area contributed by atoms with Crippen molar-refractivity contribution >= 4 is 23.9 Å². The van der Waals surface area contributed by atoms with Crippen LogP contribution in [0.25, 0.3) is 6.08 Å². The summed E-state index contributed by atoms with van der Waals surface area (Å²) in [5.74, 6) is -0.927. The van der Waals surface area contributed by atoms with E-state index in [2.05, 4.69) is 10.9 Å². The standard InChI is InChI=1S/C18H18N2O7/c1-24-13-6-7-14(25-2)12(10-13)5-8-17(22)27-11-16(21)19-20-18(23)15-4-3-9-26-15/h3-10H,11H2,1-2H3,(H,19,21)(H,20,23)/b8-5+. The topological polar surface area (TPSA) is 116 Å². The fourth-order valence-electron chi connectivity index (χ4n) is 1.94. The van der Waals surface area contributed by atoms with E-state index in [1.165, 1.54) is 38.7 Å². The maximum absolute atomic E-state index is 11.7. The number of hydrazine groups is 1. The Morgan fingerprint density at radius 1 is 1.11 bits per heavy atom. The number of ether oxygens (including phenoxy) is 3. The minimum Gasteiger partial charge on any atom is -0.497 e. The molecule has 142 valence electrons. The van der Waals surface area contributed by atoms with Crippen LogP contribution in [-0.4, -0.2) is 38.6 Å². The van der Waals surface area contributed by atoms with Crippen molar-refractivity contribution in [3.8, 4) is 11.5 Å². The Morgan fingerprint density at radius 3 is 2.59 bits per heavy atom. The van der Waals surface area contributed by atoms with Crippen molar-refractivity contribution in [1.29, 1.82) is 0 Å². The van der Waals surface area contributed by atoms with Crippen molar-refractivity contribution in [2.24, 2.45) is 0 Å². The fourth-order valence-corrected chi connectivity index (χ4v) is 1.94. The Hall–Kier alpha value is -3.75. The molecule has 1 heterocycles. The lowest BCUT2D eigenvalue weighted by atomic mass is 10.1. The van der Waals surface area contributed by atoms with E-state index in [9.17, 15) is 14.4 Å². The van der Waals surface area contributed by atoms with Gasteiger partial charge in [-0.05, 0) is 36.4 Å². The number of furan rings is 1. The average Bonchev–Trinajstić information content (AvgIpc) is 3.23. The monoisotopic (exact) mass is 374 g/mol.